The molecule has 114 valence electrons. The molecule has 5 nitrogen and oxygen atoms in total. The van der Waals surface area contributed by atoms with Crippen molar-refractivity contribution in [2.24, 2.45) is 0 Å². The lowest BCUT2D eigenvalue weighted by atomic mass is 10.3. The highest BCUT2D eigenvalue weighted by molar-refractivity contribution is 7.17. The van der Waals surface area contributed by atoms with Gasteiger partial charge in [-0.25, -0.2) is 9.97 Å². The number of carbonyl (C=O) groups excluding carboxylic acids is 1. The zero-order valence-electron chi connectivity index (χ0n) is 12.3. The van der Waals surface area contributed by atoms with Crippen LogP contribution in [0.5, 0.6) is 0 Å². The molecule has 7 heteroatoms. The van der Waals surface area contributed by atoms with Crippen LogP contribution in [0.25, 0.3) is 10.6 Å². The van der Waals surface area contributed by atoms with Crippen LogP contribution in [0.3, 0.4) is 0 Å². The van der Waals surface area contributed by atoms with E-state index in [1.807, 2.05) is 41.4 Å². The third-order valence-corrected chi connectivity index (χ3v) is 5.08. The standard InChI is InChI=1S/C15H16N4OS2/c1-10(7-19-5-4-16-9-19)17-14(20)13-11(2)18-15(22-13)12-3-6-21-8-12/h3-6,8-10H,7H2,1-2H3,(H,17,20). The van der Waals surface area contributed by atoms with E-state index < -0.39 is 0 Å². The van der Waals surface area contributed by atoms with E-state index in [1.165, 1.54) is 11.3 Å². The number of nitrogens with zero attached hydrogens (tertiary/aromatic N) is 3. The summed E-state index contributed by atoms with van der Waals surface area (Å²) in [5, 5.41) is 7.97. The molecule has 0 saturated heterocycles. The van der Waals surface area contributed by atoms with E-state index in [1.54, 1.807) is 23.9 Å². The second-order valence-electron chi connectivity index (χ2n) is 5.08. The summed E-state index contributed by atoms with van der Waals surface area (Å²) in [5.74, 6) is -0.0657. The van der Waals surface area contributed by atoms with Crippen molar-refractivity contribution in [3.05, 3.63) is 46.1 Å². The zero-order chi connectivity index (χ0) is 15.5. The summed E-state index contributed by atoms with van der Waals surface area (Å²) in [7, 11) is 0. The number of nitrogens with one attached hydrogen (secondary N) is 1. The largest absolute Gasteiger partial charge is 0.347 e. The van der Waals surface area contributed by atoms with Crippen LogP contribution in [0.4, 0.5) is 0 Å². The van der Waals surface area contributed by atoms with Crippen molar-refractivity contribution < 1.29 is 4.79 Å². The first-order valence-electron chi connectivity index (χ1n) is 6.90. The lowest BCUT2D eigenvalue weighted by Crippen LogP contribution is -2.35. The number of rotatable bonds is 5. The molecule has 1 atom stereocenters. The SMILES string of the molecule is Cc1nc(-c2ccsc2)sc1C(=O)NC(C)Cn1ccnc1. The third-order valence-electron chi connectivity index (χ3n) is 3.19. The molecule has 0 spiro atoms. The summed E-state index contributed by atoms with van der Waals surface area (Å²) in [6.07, 6.45) is 5.36. The van der Waals surface area contributed by atoms with E-state index in [0.717, 1.165) is 16.3 Å². The van der Waals surface area contributed by atoms with E-state index in [0.29, 0.717) is 11.4 Å². The fraction of sp³-hybridized carbons (Fsp3) is 0.267. The molecule has 0 fully saturated rings. The maximum Gasteiger partial charge on any atom is 0.263 e. The topological polar surface area (TPSA) is 59.8 Å². The Morgan fingerprint density at radius 3 is 3.05 bits per heavy atom. The van der Waals surface area contributed by atoms with E-state index in [2.05, 4.69) is 15.3 Å². The molecule has 0 bridgehead atoms. The second kappa shape index (κ2) is 6.41. The normalized spacial score (nSPS) is 12.3. The summed E-state index contributed by atoms with van der Waals surface area (Å²) in [6.45, 7) is 4.55. The van der Waals surface area contributed by atoms with Crippen molar-refractivity contribution >= 4 is 28.6 Å². The molecule has 3 aromatic rings. The minimum absolute atomic E-state index is 0.0211. The van der Waals surface area contributed by atoms with Crippen molar-refractivity contribution in [2.75, 3.05) is 0 Å². The van der Waals surface area contributed by atoms with Gasteiger partial charge in [-0.15, -0.1) is 11.3 Å². The van der Waals surface area contributed by atoms with Crippen molar-refractivity contribution in [1.29, 1.82) is 0 Å². The zero-order valence-corrected chi connectivity index (χ0v) is 13.9. The predicted octanol–water partition coefficient (Wildman–Crippen LogP) is 3.20. The molecule has 3 heterocycles. The van der Waals surface area contributed by atoms with Gasteiger partial charge >= 0.3 is 0 Å². The van der Waals surface area contributed by atoms with Crippen LogP contribution in [-0.4, -0.2) is 26.5 Å². The van der Waals surface area contributed by atoms with Crippen LogP contribution in [0.15, 0.2) is 35.5 Å². The number of hydrogen-bond donors (Lipinski definition) is 1. The Morgan fingerprint density at radius 1 is 1.50 bits per heavy atom. The van der Waals surface area contributed by atoms with Crippen molar-refractivity contribution in [3.8, 4) is 10.6 Å². The minimum Gasteiger partial charge on any atom is -0.347 e. The molecule has 22 heavy (non-hydrogen) atoms. The summed E-state index contributed by atoms with van der Waals surface area (Å²) < 4.78 is 1.95. The Morgan fingerprint density at radius 2 is 2.36 bits per heavy atom. The Balaban J connectivity index is 1.69. The van der Waals surface area contributed by atoms with Crippen molar-refractivity contribution in [1.82, 2.24) is 19.9 Å². The van der Waals surface area contributed by atoms with Crippen LogP contribution < -0.4 is 5.32 Å². The Hall–Kier alpha value is -1.99. The lowest BCUT2D eigenvalue weighted by Gasteiger charge is -2.13. The van der Waals surface area contributed by atoms with Gasteiger partial charge < -0.3 is 9.88 Å². The second-order valence-corrected chi connectivity index (χ2v) is 6.86. The molecule has 1 N–H and O–H groups in total. The number of thiophene rings is 1. The first-order valence-corrected chi connectivity index (χ1v) is 8.66. The van der Waals surface area contributed by atoms with Gasteiger partial charge in [-0.05, 0) is 25.3 Å². The van der Waals surface area contributed by atoms with Gasteiger partial charge in [-0.1, -0.05) is 0 Å². The molecular weight excluding hydrogens is 316 g/mol. The van der Waals surface area contributed by atoms with E-state index >= 15 is 0 Å². The van der Waals surface area contributed by atoms with Crippen molar-refractivity contribution in [3.63, 3.8) is 0 Å². The molecule has 0 aliphatic heterocycles. The van der Waals surface area contributed by atoms with Gasteiger partial charge in [0.2, 0.25) is 0 Å². The molecule has 0 aromatic carbocycles. The molecule has 3 rings (SSSR count). The fourth-order valence-electron chi connectivity index (χ4n) is 2.16. The molecule has 0 aliphatic carbocycles. The van der Waals surface area contributed by atoms with Gasteiger partial charge in [0.25, 0.3) is 5.91 Å². The highest BCUT2D eigenvalue weighted by Crippen LogP contribution is 2.29. The smallest absolute Gasteiger partial charge is 0.263 e. The number of amides is 1. The predicted molar refractivity (Wildman–Crippen MR) is 89.3 cm³/mol. The van der Waals surface area contributed by atoms with Crippen molar-refractivity contribution in [2.45, 2.75) is 26.4 Å². The van der Waals surface area contributed by atoms with Gasteiger partial charge in [0.1, 0.15) is 9.88 Å². The van der Waals surface area contributed by atoms with Gasteiger partial charge in [0.15, 0.2) is 0 Å². The van der Waals surface area contributed by atoms with Crippen LogP contribution in [-0.2, 0) is 6.54 Å². The van der Waals surface area contributed by atoms with Gasteiger partial charge in [0, 0.05) is 35.9 Å². The number of carbonyl (C=O) groups is 1. The monoisotopic (exact) mass is 332 g/mol. The number of aryl methyl sites for hydroxylation is 1. The molecule has 0 saturated carbocycles. The van der Waals surface area contributed by atoms with E-state index in [-0.39, 0.29) is 11.9 Å². The summed E-state index contributed by atoms with van der Waals surface area (Å²) in [5.41, 5.74) is 1.85. The Kier molecular flexibility index (Phi) is 4.35. The Labute approximate surface area is 136 Å². The van der Waals surface area contributed by atoms with Crippen LogP contribution in [0.1, 0.15) is 22.3 Å². The number of aromatic nitrogens is 3. The molecule has 3 aromatic heterocycles. The number of thiazole rings is 1. The first kappa shape index (κ1) is 14.9. The van der Waals surface area contributed by atoms with Crippen LogP contribution in [0.2, 0.25) is 0 Å². The number of imidazole rings is 1. The minimum atomic E-state index is -0.0657. The summed E-state index contributed by atoms with van der Waals surface area (Å²) in [4.78, 5) is 21.6. The molecule has 0 radical (unpaired) electrons. The average molecular weight is 332 g/mol. The third kappa shape index (κ3) is 3.26. The summed E-state index contributed by atoms with van der Waals surface area (Å²) >= 11 is 3.07. The van der Waals surface area contributed by atoms with Gasteiger partial charge in [-0.3, -0.25) is 4.79 Å². The van der Waals surface area contributed by atoms with Gasteiger partial charge in [-0.2, -0.15) is 11.3 Å². The first-order chi connectivity index (χ1) is 10.6. The molecule has 1 unspecified atom stereocenters. The van der Waals surface area contributed by atoms with Crippen LogP contribution >= 0.6 is 22.7 Å². The highest BCUT2D eigenvalue weighted by Gasteiger charge is 2.18. The van der Waals surface area contributed by atoms with Gasteiger partial charge in [0.05, 0.1) is 12.0 Å². The maximum absolute atomic E-state index is 12.4. The summed E-state index contributed by atoms with van der Waals surface area (Å²) in [6, 6.07) is 2.04. The van der Waals surface area contributed by atoms with E-state index in [9.17, 15) is 4.79 Å². The number of hydrogen-bond acceptors (Lipinski definition) is 5. The fourth-order valence-corrected chi connectivity index (χ4v) is 3.84. The van der Waals surface area contributed by atoms with Crippen LogP contribution in [0, 0.1) is 6.92 Å². The Bertz CT molecular complexity index is 747. The quantitative estimate of drug-likeness (QED) is 0.780. The maximum atomic E-state index is 12.4. The highest BCUT2D eigenvalue weighted by atomic mass is 32.1. The lowest BCUT2D eigenvalue weighted by molar-refractivity contribution is 0.0940. The molecule has 0 aliphatic rings. The molecule has 1 amide bonds. The average Bonchev–Trinajstić information content (AvgIpc) is 3.17. The van der Waals surface area contributed by atoms with E-state index in [4.69, 9.17) is 0 Å². The molecular formula is C15H16N4OS2.